The Hall–Kier alpha value is -0.860. The monoisotopic (exact) mass is 227 g/mol. The molecule has 3 heteroatoms. The lowest BCUT2D eigenvalue weighted by Crippen LogP contribution is -2.12. The highest BCUT2D eigenvalue weighted by Gasteiger charge is 2.12. The summed E-state index contributed by atoms with van der Waals surface area (Å²) in [7, 11) is 0. The third-order valence-electron chi connectivity index (χ3n) is 2.37. The Kier molecular flexibility index (Phi) is 4.30. The lowest BCUT2D eigenvalue weighted by atomic mass is 9.99. The fourth-order valence-corrected chi connectivity index (χ4v) is 1.53. The molecule has 0 aromatic heterocycles. The summed E-state index contributed by atoms with van der Waals surface area (Å²) < 4.78 is 13.5. The predicted octanol–water partition coefficient (Wildman–Crippen LogP) is 3.84. The quantitative estimate of drug-likeness (QED) is 0.778. The van der Waals surface area contributed by atoms with Gasteiger partial charge >= 0.3 is 0 Å². The van der Waals surface area contributed by atoms with Crippen LogP contribution in [0, 0.1) is 5.82 Å². The molecule has 1 atom stereocenters. The molecule has 0 aliphatic carbocycles. The van der Waals surface area contributed by atoms with Gasteiger partial charge in [0.1, 0.15) is 5.82 Å². The number of rotatable bonds is 4. The molecule has 0 saturated carbocycles. The van der Waals surface area contributed by atoms with Gasteiger partial charge in [0, 0.05) is 16.6 Å². The van der Waals surface area contributed by atoms with E-state index in [9.17, 15) is 4.39 Å². The molecule has 0 amide bonds. The molecule has 0 saturated heterocycles. The zero-order valence-electron chi connectivity index (χ0n) is 8.76. The largest absolute Gasteiger partial charge is 0.324 e. The smallest absolute Gasteiger partial charge is 0.129 e. The average Bonchev–Trinajstić information content (AvgIpc) is 2.17. The highest BCUT2D eigenvalue weighted by Crippen LogP contribution is 2.24. The zero-order valence-corrected chi connectivity index (χ0v) is 9.52. The highest BCUT2D eigenvalue weighted by molar-refractivity contribution is 6.30. The van der Waals surface area contributed by atoms with E-state index >= 15 is 0 Å². The van der Waals surface area contributed by atoms with E-state index in [0.29, 0.717) is 17.0 Å². The minimum atomic E-state index is -0.348. The van der Waals surface area contributed by atoms with Gasteiger partial charge in [0.15, 0.2) is 0 Å². The molecule has 0 aliphatic heterocycles. The van der Waals surface area contributed by atoms with Crippen LogP contribution in [0.25, 0.3) is 0 Å². The Morgan fingerprint density at radius 1 is 1.60 bits per heavy atom. The van der Waals surface area contributed by atoms with E-state index in [1.807, 2.05) is 6.92 Å². The van der Waals surface area contributed by atoms with Crippen LogP contribution in [0.4, 0.5) is 4.39 Å². The Bertz CT molecular complexity index is 363. The van der Waals surface area contributed by atoms with Gasteiger partial charge in [0.25, 0.3) is 0 Å². The van der Waals surface area contributed by atoms with Crippen LogP contribution in [-0.4, -0.2) is 0 Å². The first-order valence-corrected chi connectivity index (χ1v) is 5.29. The van der Waals surface area contributed by atoms with Crippen molar-refractivity contribution in [3.8, 4) is 0 Å². The van der Waals surface area contributed by atoms with Crippen molar-refractivity contribution < 1.29 is 4.39 Å². The van der Waals surface area contributed by atoms with E-state index in [1.165, 1.54) is 6.07 Å². The SMILES string of the molecule is C=C(CC)CC(N)c1ccc(Cl)cc1F. The summed E-state index contributed by atoms with van der Waals surface area (Å²) in [5.41, 5.74) is 7.40. The summed E-state index contributed by atoms with van der Waals surface area (Å²) in [4.78, 5) is 0. The Labute approximate surface area is 94.7 Å². The Morgan fingerprint density at radius 2 is 2.27 bits per heavy atom. The molecule has 2 N–H and O–H groups in total. The Balaban J connectivity index is 2.82. The molecule has 0 bridgehead atoms. The molecular weight excluding hydrogens is 213 g/mol. The fourth-order valence-electron chi connectivity index (χ4n) is 1.37. The zero-order chi connectivity index (χ0) is 11.4. The number of halogens is 2. The van der Waals surface area contributed by atoms with E-state index in [-0.39, 0.29) is 11.9 Å². The maximum Gasteiger partial charge on any atom is 0.129 e. The van der Waals surface area contributed by atoms with E-state index in [2.05, 4.69) is 6.58 Å². The van der Waals surface area contributed by atoms with Crippen molar-refractivity contribution >= 4 is 11.6 Å². The van der Waals surface area contributed by atoms with Crippen molar-refractivity contribution in [2.75, 3.05) is 0 Å². The second kappa shape index (κ2) is 5.29. The van der Waals surface area contributed by atoms with Gasteiger partial charge in [-0.3, -0.25) is 0 Å². The van der Waals surface area contributed by atoms with Crippen LogP contribution in [0.15, 0.2) is 30.4 Å². The van der Waals surface area contributed by atoms with Gasteiger partial charge in [0.05, 0.1) is 0 Å². The predicted molar refractivity (Wildman–Crippen MR) is 62.4 cm³/mol. The molecule has 15 heavy (non-hydrogen) atoms. The van der Waals surface area contributed by atoms with Crippen molar-refractivity contribution in [1.82, 2.24) is 0 Å². The van der Waals surface area contributed by atoms with E-state index in [4.69, 9.17) is 17.3 Å². The summed E-state index contributed by atoms with van der Waals surface area (Å²) >= 11 is 5.66. The summed E-state index contributed by atoms with van der Waals surface area (Å²) in [6.07, 6.45) is 1.47. The van der Waals surface area contributed by atoms with Gasteiger partial charge in [0.2, 0.25) is 0 Å². The molecule has 1 unspecified atom stereocenters. The van der Waals surface area contributed by atoms with Gasteiger partial charge in [-0.1, -0.05) is 36.7 Å². The van der Waals surface area contributed by atoms with Crippen LogP contribution < -0.4 is 5.73 Å². The van der Waals surface area contributed by atoms with Crippen LogP contribution in [0.5, 0.6) is 0 Å². The van der Waals surface area contributed by atoms with Crippen LogP contribution in [-0.2, 0) is 0 Å². The van der Waals surface area contributed by atoms with Crippen molar-refractivity contribution in [3.05, 3.63) is 46.8 Å². The van der Waals surface area contributed by atoms with E-state index in [0.717, 1.165) is 12.0 Å². The molecule has 1 aromatic rings. The molecule has 1 aromatic carbocycles. The maximum atomic E-state index is 13.5. The van der Waals surface area contributed by atoms with Crippen LogP contribution in [0.1, 0.15) is 31.4 Å². The van der Waals surface area contributed by atoms with Gasteiger partial charge in [-0.2, -0.15) is 0 Å². The topological polar surface area (TPSA) is 26.0 Å². The third kappa shape index (κ3) is 3.33. The van der Waals surface area contributed by atoms with Crippen LogP contribution in [0.3, 0.4) is 0 Å². The maximum absolute atomic E-state index is 13.5. The molecule has 1 nitrogen and oxygen atoms in total. The van der Waals surface area contributed by atoms with E-state index < -0.39 is 0 Å². The molecule has 0 spiro atoms. The first-order valence-electron chi connectivity index (χ1n) is 4.91. The average molecular weight is 228 g/mol. The van der Waals surface area contributed by atoms with Crippen molar-refractivity contribution in [2.45, 2.75) is 25.8 Å². The van der Waals surface area contributed by atoms with E-state index in [1.54, 1.807) is 12.1 Å². The second-order valence-electron chi connectivity index (χ2n) is 3.58. The van der Waals surface area contributed by atoms with Gasteiger partial charge < -0.3 is 5.73 Å². The minimum absolute atomic E-state index is 0.338. The molecule has 0 radical (unpaired) electrons. The van der Waals surface area contributed by atoms with Gasteiger partial charge in [-0.15, -0.1) is 0 Å². The minimum Gasteiger partial charge on any atom is -0.324 e. The van der Waals surface area contributed by atoms with Gasteiger partial charge in [-0.25, -0.2) is 4.39 Å². The summed E-state index contributed by atoms with van der Waals surface area (Å²) in [6.45, 7) is 5.86. The summed E-state index contributed by atoms with van der Waals surface area (Å²) in [5.74, 6) is -0.348. The molecule has 1 rings (SSSR count). The normalized spacial score (nSPS) is 12.5. The molecule has 0 fully saturated rings. The lowest BCUT2D eigenvalue weighted by Gasteiger charge is -2.13. The molecule has 0 aliphatic rings. The fraction of sp³-hybridized carbons (Fsp3) is 0.333. The summed E-state index contributed by atoms with van der Waals surface area (Å²) in [6, 6.07) is 4.22. The van der Waals surface area contributed by atoms with Crippen molar-refractivity contribution in [1.29, 1.82) is 0 Å². The third-order valence-corrected chi connectivity index (χ3v) is 2.61. The van der Waals surface area contributed by atoms with Crippen LogP contribution in [0.2, 0.25) is 5.02 Å². The number of hydrogen-bond acceptors (Lipinski definition) is 1. The lowest BCUT2D eigenvalue weighted by molar-refractivity contribution is 0.577. The van der Waals surface area contributed by atoms with Gasteiger partial charge in [-0.05, 0) is 25.0 Å². The number of benzene rings is 1. The Morgan fingerprint density at radius 3 is 2.80 bits per heavy atom. The first kappa shape index (κ1) is 12.2. The summed E-state index contributed by atoms with van der Waals surface area (Å²) in [5, 5.41) is 0.387. The van der Waals surface area contributed by atoms with Crippen molar-refractivity contribution in [2.24, 2.45) is 5.73 Å². The first-order chi connectivity index (χ1) is 7.04. The number of hydrogen-bond donors (Lipinski definition) is 1. The highest BCUT2D eigenvalue weighted by atomic mass is 35.5. The second-order valence-corrected chi connectivity index (χ2v) is 4.02. The molecule has 0 heterocycles. The van der Waals surface area contributed by atoms with Crippen LogP contribution >= 0.6 is 11.6 Å². The molecular formula is C12H15ClFN. The molecule has 82 valence electrons. The standard InChI is InChI=1S/C12H15ClFN/c1-3-8(2)6-12(15)10-5-4-9(13)7-11(10)14/h4-5,7,12H,2-3,6,15H2,1H3. The number of nitrogens with two attached hydrogens (primary N) is 1. The van der Waals surface area contributed by atoms with Crippen molar-refractivity contribution in [3.63, 3.8) is 0 Å².